The molecule has 0 unspecified atom stereocenters. The Hall–Kier alpha value is -3.32. The SMILES string of the molecule is COc1ccc(C(=O)[C@@H](C)Sc2nnc(-c3ccco3)n2Cc2ccccc2)cc1. The zero-order valence-corrected chi connectivity index (χ0v) is 17.5. The lowest BCUT2D eigenvalue weighted by Gasteiger charge is -2.13. The number of furan rings is 1. The molecule has 0 aliphatic carbocycles. The van der Waals surface area contributed by atoms with Crippen LogP contribution in [0.2, 0.25) is 0 Å². The molecule has 0 bridgehead atoms. The van der Waals surface area contributed by atoms with Crippen LogP contribution < -0.4 is 4.74 Å². The number of ketones is 1. The Morgan fingerprint density at radius 1 is 1.07 bits per heavy atom. The number of methoxy groups -OCH3 is 1. The van der Waals surface area contributed by atoms with E-state index in [1.807, 2.05) is 54.0 Å². The molecule has 0 saturated carbocycles. The van der Waals surface area contributed by atoms with Crippen LogP contribution in [-0.4, -0.2) is 32.9 Å². The van der Waals surface area contributed by atoms with Crippen LogP contribution in [0.15, 0.2) is 82.6 Å². The van der Waals surface area contributed by atoms with Gasteiger partial charge in [-0.3, -0.25) is 9.36 Å². The summed E-state index contributed by atoms with van der Waals surface area (Å²) in [6.07, 6.45) is 1.61. The molecular formula is C23H21N3O3S. The maximum atomic E-state index is 12.9. The summed E-state index contributed by atoms with van der Waals surface area (Å²) in [5.74, 6) is 2.02. The summed E-state index contributed by atoms with van der Waals surface area (Å²) >= 11 is 1.39. The number of aromatic nitrogens is 3. The molecule has 7 heteroatoms. The predicted octanol–water partition coefficient (Wildman–Crippen LogP) is 4.96. The van der Waals surface area contributed by atoms with E-state index in [1.165, 1.54) is 11.8 Å². The van der Waals surface area contributed by atoms with Crippen LogP contribution >= 0.6 is 11.8 Å². The molecular weight excluding hydrogens is 398 g/mol. The summed E-state index contributed by atoms with van der Waals surface area (Å²) in [5, 5.41) is 9.02. The number of benzene rings is 2. The third-order valence-electron chi connectivity index (χ3n) is 4.67. The Balaban J connectivity index is 1.60. The van der Waals surface area contributed by atoms with Crippen molar-refractivity contribution in [3.05, 3.63) is 84.1 Å². The molecule has 0 spiro atoms. The van der Waals surface area contributed by atoms with Crippen molar-refractivity contribution in [2.75, 3.05) is 7.11 Å². The zero-order valence-electron chi connectivity index (χ0n) is 16.7. The Morgan fingerprint density at radius 3 is 2.50 bits per heavy atom. The lowest BCUT2D eigenvalue weighted by atomic mass is 10.1. The molecule has 4 rings (SSSR count). The number of hydrogen-bond acceptors (Lipinski definition) is 6. The maximum absolute atomic E-state index is 12.9. The van der Waals surface area contributed by atoms with Crippen molar-refractivity contribution >= 4 is 17.5 Å². The van der Waals surface area contributed by atoms with Crippen molar-refractivity contribution in [3.63, 3.8) is 0 Å². The monoisotopic (exact) mass is 419 g/mol. The molecule has 2 aromatic carbocycles. The predicted molar refractivity (Wildman–Crippen MR) is 116 cm³/mol. The van der Waals surface area contributed by atoms with Gasteiger partial charge in [0, 0.05) is 5.56 Å². The summed E-state index contributed by atoms with van der Waals surface area (Å²) < 4.78 is 12.7. The van der Waals surface area contributed by atoms with Crippen molar-refractivity contribution in [1.82, 2.24) is 14.8 Å². The van der Waals surface area contributed by atoms with E-state index >= 15 is 0 Å². The number of hydrogen-bond donors (Lipinski definition) is 0. The average Bonchev–Trinajstić information content (AvgIpc) is 3.44. The first-order valence-electron chi connectivity index (χ1n) is 9.51. The van der Waals surface area contributed by atoms with Gasteiger partial charge < -0.3 is 9.15 Å². The van der Waals surface area contributed by atoms with Gasteiger partial charge in [0.1, 0.15) is 5.75 Å². The molecule has 0 radical (unpaired) electrons. The lowest BCUT2D eigenvalue weighted by Crippen LogP contribution is -2.15. The van der Waals surface area contributed by atoms with E-state index in [2.05, 4.69) is 10.2 Å². The summed E-state index contributed by atoms with van der Waals surface area (Å²) in [5.41, 5.74) is 1.75. The van der Waals surface area contributed by atoms with Crippen molar-refractivity contribution in [2.45, 2.75) is 23.9 Å². The van der Waals surface area contributed by atoms with Gasteiger partial charge in [0.15, 0.2) is 16.7 Å². The summed E-state index contributed by atoms with van der Waals surface area (Å²) in [4.78, 5) is 12.9. The van der Waals surface area contributed by atoms with Gasteiger partial charge in [0.2, 0.25) is 5.82 Å². The van der Waals surface area contributed by atoms with Gasteiger partial charge in [0.25, 0.3) is 0 Å². The molecule has 2 heterocycles. The minimum absolute atomic E-state index is 0.0245. The molecule has 4 aromatic rings. The molecule has 1 atom stereocenters. The summed E-state index contributed by atoms with van der Waals surface area (Å²) in [6, 6.07) is 20.9. The van der Waals surface area contributed by atoms with E-state index in [1.54, 1.807) is 37.6 Å². The van der Waals surface area contributed by atoms with Gasteiger partial charge in [-0.1, -0.05) is 42.1 Å². The van der Waals surface area contributed by atoms with Crippen molar-refractivity contribution in [2.24, 2.45) is 0 Å². The van der Waals surface area contributed by atoms with Gasteiger partial charge in [0.05, 0.1) is 25.2 Å². The molecule has 0 amide bonds. The topological polar surface area (TPSA) is 70.2 Å². The quantitative estimate of drug-likeness (QED) is 0.297. The largest absolute Gasteiger partial charge is 0.497 e. The minimum atomic E-state index is -0.332. The van der Waals surface area contributed by atoms with Gasteiger partial charge in [-0.25, -0.2) is 0 Å². The molecule has 30 heavy (non-hydrogen) atoms. The molecule has 0 N–H and O–H groups in total. The molecule has 0 aliphatic heterocycles. The van der Waals surface area contributed by atoms with Crippen LogP contribution in [0.4, 0.5) is 0 Å². The number of ether oxygens (including phenoxy) is 1. The van der Waals surface area contributed by atoms with Gasteiger partial charge in [-0.2, -0.15) is 0 Å². The van der Waals surface area contributed by atoms with Crippen LogP contribution in [-0.2, 0) is 6.54 Å². The van der Waals surface area contributed by atoms with Crippen molar-refractivity contribution in [1.29, 1.82) is 0 Å². The first-order chi connectivity index (χ1) is 14.7. The number of carbonyl (C=O) groups is 1. The zero-order chi connectivity index (χ0) is 20.9. The average molecular weight is 420 g/mol. The fourth-order valence-electron chi connectivity index (χ4n) is 3.07. The van der Waals surface area contributed by atoms with E-state index in [4.69, 9.17) is 9.15 Å². The van der Waals surface area contributed by atoms with E-state index in [0.717, 1.165) is 11.3 Å². The normalized spacial score (nSPS) is 11.9. The fourth-order valence-corrected chi connectivity index (χ4v) is 4.00. The molecule has 0 aliphatic rings. The second-order valence-corrected chi connectivity index (χ2v) is 8.02. The van der Waals surface area contributed by atoms with Crippen LogP contribution in [0.5, 0.6) is 5.75 Å². The lowest BCUT2D eigenvalue weighted by molar-refractivity contribution is 0.0994. The highest BCUT2D eigenvalue weighted by Crippen LogP contribution is 2.29. The Labute approximate surface area is 178 Å². The first-order valence-corrected chi connectivity index (χ1v) is 10.4. The second-order valence-electron chi connectivity index (χ2n) is 6.71. The van der Waals surface area contributed by atoms with Crippen LogP contribution in [0, 0.1) is 0 Å². The summed E-state index contributed by atoms with van der Waals surface area (Å²) in [6.45, 7) is 2.46. The number of Topliss-reactive ketones (excluding diaryl/α,β-unsaturated/α-hetero) is 1. The fraction of sp³-hybridized carbons (Fsp3) is 0.174. The molecule has 0 saturated heterocycles. The smallest absolute Gasteiger partial charge is 0.200 e. The van der Waals surface area contributed by atoms with Crippen molar-refractivity contribution in [3.8, 4) is 17.3 Å². The summed E-state index contributed by atoms with van der Waals surface area (Å²) in [7, 11) is 1.60. The molecule has 152 valence electrons. The number of carbonyl (C=O) groups excluding carboxylic acids is 1. The highest BCUT2D eigenvalue weighted by atomic mass is 32.2. The van der Waals surface area contributed by atoms with Crippen LogP contribution in [0.1, 0.15) is 22.8 Å². The second kappa shape index (κ2) is 9.00. The van der Waals surface area contributed by atoms with E-state index in [0.29, 0.717) is 28.8 Å². The molecule has 2 aromatic heterocycles. The molecule has 0 fully saturated rings. The Bertz CT molecular complexity index is 1110. The Kier molecular flexibility index (Phi) is 5.99. The van der Waals surface area contributed by atoms with Gasteiger partial charge in [-0.15, -0.1) is 10.2 Å². The number of nitrogens with zero attached hydrogens (tertiary/aromatic N) is 3. The minimum Gasteiger partial charge on any atom is -0.497 e. The molecule has 6 nitrogen and oxygen atoms in total. The number of thioether (sulfide) groups is 1. The van der Waals surface area contributed by atoms with Crippen molar-refractivity contribution < 1.29 is 13.9 Å². The van der Waals surface area contributed by atoms with Crippen LogP contribution in [0.3, 0.4) is 0 Å². The standard InChI is InChI=1S/C23H21N3O3S/c1-16(21(27)18-10-12-19(28-2)13-11-18)30-23-25-24-22(20-9-6-14-29-20)26(23)15-17-7-4-3-5-8-17/h3-14,16H,15H2,1-2H3/t16-/m1/s1. The van der Waals surface area contributed by atoms with Gasteiger partial charge in [-0.05, 0) is 48.9 Å². The van der Waals surface area contributed by atoms with E-state index < -0.39 is 0 Å². The van der Waals surface area contributed by atoms with E-state index in [-0.39, 0.29) is 11.0 Å². The highest BCUT2D eigenvalue weighted by Gasteiger charge is 2.23. The maximum Gasteiger partial charge on any atom is 0.200 e. The third kappa shape index (κ3) is 4.31. The number of rotatable bonds is 8. The van der Waals surface area contributed by atoms with Gasteiger partial charge >= 0.3 is 0 Å². The van der Waals surface area contributed by atoms with E-state index in [9.17, 15) is 4.79 Å². The Morgan fingerprint density at radius 2 is 1.83 bits per heavy atom. The third-order valence-corrected chi connectivity index (χ3v) is 5.75. The highest BCUT2D eigenvalue weighted by molar-refractivity contribution is 8.00. The van der Waals surface area contributed by atoms with Crippen LogP contribution in [0.25, 0.3) is 11.6 Å². The first kappa shape index (κ1) is 20.0.